The Morgan fingerprint density at radius 3 is 3.04 bits per heavy atom. The summed E-state index contributed by atoms with van der Waals surface area (Å²) in [4.78, 5) is 30.4. The van der Waals surface area contributed by atoms with Crippen LogP contribution in [0.4, 0.5) is 5.82 Å². The molecular formula is C18H18ClN7O2. The monoisotopic (exact) mass is 399 g/mol. The minimum Gasteiger partial charge on any atom is -0.497 e. The minimum absolute atomic E-state index is 0.0587. The van der Waals surface area contributed by atoms with E-state index >= 15 is 0 Å². The Bertz CT molecular complexity index is 1140. The molecule has 0 bridgehead atoms. The van der Waals surface area contributed by atoms with Crippen molar-refractivity contribution in [3.8, 4) is 5.75 Å². The number of H-pyrrole nitrogens is 2. The Kier molecular flexibility index (Phi) is 4.98. The lowest BCUT2D eigenvalue weighted by molar-refractivity contribution is -0.119. The summed E-state index contributed by atoms with van der Waals surface area (Å²) >= 11 is 5.88. The zero-order valence-corrected chi connectivity index (χ0v) is 15.8. The number of imidazole rings is 1. The highest BCUT2D eigenvalue weighted by Gasteiger charge is 2.11. The van der Waals surface area contributed by atoms with Gasteiger partial charge in [0.05, 0.1) is 20.0 Å². The molecule has 0 spiro atoms. The fourth-order valence-corrected chi connectivity index (χ4v) is 3.15. The second-order valence-corrected chi connectivity index (χ2v) is 6.46. The van der Waals surface area contributed by atoms with E-state index in [2.05, 4.69) is 35.6 Å². The third kappa shape index (κ3) is 3.70. The summed E-state index contributed by atoms with van der Waals surface area (Å²) < 4.78 is 5.28. The lowest BCUT2D eigenvalue weighted by atomic mass is 10.1. The number of fused-ring (bicyclic) bond motifs is 2. The number of rotatable bonds is 7. The second kappa shape index (κ2) is 7.73. The molecule has 0 aliphatic carbocycles. The molecule has 0 unspecified atom stereocenters. The zero-order valence-electron chi connectivity index (χ0n) is 15.0. The van der Waals surface area contributed by atoms with Crippen LogP contribution in [-0.4, -0.2) is 51.0 Å². The van der Waals surface area contributed by atoms with Crippen molar-refractivity contribution in [2.45, 2.75) is 6.42 Å². The summed E-state index contributed by atoms with van der Waals surface area (Å²) in [5.74, 6) is 1.08. The van der Waals surface area contributed by atoms with Crippen molar-refractivity contribution in [2.24, 2.45) is 0 Å². The predicted molar refractivity (Wildman–Crippen MR) is 107 cm³/mol. The van der Waals surface area contributed by atoms with Gasteiger partial charge in [0.2, 0.25) is 11.2 Å². The van der Waals surface area contributed by atoms with Gasteiger partial charge in [-0.1, -0.05) is 0 Å². The van der Waals surface area contributed by atoms with E-state index in [1.807, 2.05) is 24.4 Å². The van der Waals surface area contributed by atoms with Crippen LogP contribution in [0.5, 0.6) is 5.75 Å². The molecule has 0 aliphatic heterocycles. The van der Waals surface area contributed by atoms with E-state index in [0.717, 1.165) is 22.2 Å². The number of ether oxygens (including phenoxy) is 1. The fourth-order valence-electron chi connectivity index (χ4n) is 2.99. The summed E-state index contributed by atoms with van der Waals surface area (Å²) in [6.07, 6.45) is 4.15. The Morgan fingerprint density at radius 2 is 2.18 bits per heavy atom. The highest BCUT2D eigenvalue weighted by molar-refractivity contribution is 6.28. The Labute approximate surface area is 164 Å². The number of hydrogen-bond donors (Lipinski definition) is 4. The highest BCUT2D eigenvalue weighted by atomic mass is 35.5. The molecule has 1 amide bonds. The van der Waals surface area contributed by atoms with Gasteiger partial charge in [-0.05, 0) is 41.8 Å². The largest absolute Gasteiger partial charge is 0.497 e. The van der Waals surface area contributed by atoms with E-state index in [-0.39, 0.29) is 17.7 Å². The molecule has 144 valence electrons. The number of nitrogens with zero attached hydrogens (tertiary/aromatic N) is 3. The molecule has 1 aromatic carbocycles. The van der Waals surface area contributed by atoms with Gasteiger partial charge in [-0.3, -0.25) is 4.79 Å². The Balaban J connectivity index is 1.33. The van der Waals surface area contributed by atoms with Crippen LogP contribution >= 0.6 is 11.6 Å². The highest BCUT2D eigenvalue weighted by Crippen LogP contribution is 2.23. The smallest absolute Gasteiger partial charge is 0.239 e. The fraction of sp³-hybridized carbons (Fsp3) is 0.222. The van der Waals surface area contributed by atoms with E-state index in [4.69, 9.17) is 16.3 Å². The molecule has 0 atom stereocenters. The van der Waals surface area contributed by atoms with Gasteiger partial charge in [0.1, 0.15) is 11.3 Å². The summed E-state index contributed by atoms with van der Waals surface area (Å²) in [5, 5.41) is 7.01. The average molecular weight is 400 g/mol. The first-order chi connectivity index (χ1) is 13.6. The molecule has 0 aliphatic rings. The number of methoxy groups -OCH3 is 1. The normalized spacial score (nSPS) is 11.1. The molecule has 4 rings (SSSR count). The van der Waals surface area contributed by atoms with E-state index in [1.165, 1.54) is 6.33 Å². The Hall–Kier alpha value is -3.33. The molecule has 0 saturated heterocycles. The SMILES string of the molecule is COc1ccc2[nH]cc(CCNC(=O)CNc3nc(Cl)nc4nc[nH]c34)c2c1. The maximum Gasteiger partial charge on any atom is 0.239 e. The number of aromatic amines is 2. The van der Waals surface area contributed by atoms with Gasteiger partial charge in [0, 0.05) is 23.6 Å². The number of benzene rings is 1. The molecule has 28 heavy (non-hydrogen) atoms. The number of aromatic nitrogens is 5. The first-order valence-corrected chi connectivity index (χ1v) is 9.03. The first-order valence-electron chi connectivity index (χ1n) is 8.65. The number of halogens is 1. The Morgan fingerprint density at radius 1 is 1.29 bits per heavy atom. The topological polar surface area (TPSA) is 121 Å². The van der Waals surface area contributed by atoms with Crippen molar-refractivity contribution in [1.82, 2.24) is 30.2 Å². The maximum atomic E-state index is 12.2. The third-order valence-corrected chi connectivity index (χ3v) is 4.53. The number of hydrogen-bond acceptors (Lipinski definition) is 6. The summed E-state index contributed by atoms with van der Waals surface area (Å²) in [7, 11) is 1.64. The van der Waals surface area contributed by atoms with Crippen molar-refractivity contribution in [3.05, 3.63) is 41.6 Å². The van der Waals surface area contributed by atoms with Crippen LogP contribution in [0, 0.1) is 0 Å². The molecule has 4 aromatic rings. The lowest BCUT2D eigenvalue weighted by Gasteiger charge is -2.08. The summed E-state index contributed by atoms with van der Waals surface area (Å²) in [6.45, 7) is 0.567. The molecule has 0 saturated carbocycles. The second-order valence-electron chi connectivity index (χ2n) is 6.12. The lowest BCUT2D eigenvalue weighted by Crippen LogP contribution is -2.31. The van der Waals surface area contributed by atoms with Crippen molar-refractivity contribution < 1.29 is 9.53 Å². The molecule has 4 N–H and O–H groups in total. The van der Waals surface area contributed by atoms with E-state index in [1.54, 1.807) is 7.11 Å². The van der Waals surface area contributed by atoms with E-state index in [9.17, 15) is 4.79 Å². The van der Waals surface area contributed by atoms with Crippen LogP contribution in [0.25, 0.3) is 22.1 Å². The van der Waals surface area contributed by atoms with Gasteiger partial charge >= 0.3 is 0 Å². The van der Waals surface area contributed by atoms with E-state index in [0.29, 0.717) is 29.9 Å². The van der Waals surface area contributed by atoms with E-state index < -0.39 is 0 Å². The van der Waals surface area contributed by atoms with Gasteiger partial charge in [0.15, 0.2) is 11.5 Å². The van der Waals surface area contributed by atoms with Crippen molar-refractivity contribution in [3.63, 3.8) is 0 Å². The van der Waals surface area contributed by atoms with Crippen molar-refractivity contribution >= 4 is 45.4 Å². The molecule has 0 radical (unpaired) electrons. The first kappa shape index (κ1) is 18.1. The average Bonchev–Trinajstić information content (AvgIpc) is 3.32. The predicted octanol–water partition coefficient (Wildman–Crippen LogP) is 2.27. The minimum atomic E-state index is -0.153. The molecule has 10 heteroatoms. The summed E-state index contributed by atoms with van der Waals surface area (Å²) in [6, 6.07) is 5.87. The molecule has 9 nitrogen and oxygen atoms in total. The quantitative estimate of drug-likeness (QED) is 0.354. The van der Waals surface area contributed by atoms with Gasteiger partial charge in [0.25, 0.3) is 0 Å². The number of carbonyl (C=O) groups excluding carboxylic acids is 1. The number of amides is 1. The standard InChI is InChI=1S/C18H18ClN7O2/c1-28-11-2-3-13-12(6-11)10(7-21-13)4-5-20-14(27)8-22-16-15-17(24-9-23-15)26-18(19)25-16/h2-3,6-7,9,21H,4-5,8H2,1H3,(H,20,27)(H2,22,23,24,25,26). The summed E-state index contributed by atoms with van der Waals surface area (Å²) in [5.41, 5.74) is 3.19. The van der Waals surface area contributed by atoms with Crippen molar-refractivity contribution in [2.75, 3.05) is 25.5 Å². The number of carbonyl (C=O) groups is 1. The maximum absolute atomic E-state index is 12.2. The van der Waals surface area contributed by atoms with Gasteiger partial charge in [-0.25, -0.2) is 4.98 Å². The van der Waals surface area contributed by atoms with Crippen LogP contribution in [0.15, 0.2) is 30.7 Å². The number of anilines is 1. The molecule has 3 heterocycles. The molecular weight excluding hydrogens is 382 g/mol. The van der Waals surface area contributed by atoms with Gasteiger partial charge < -0.3 is 25.3 Å². The van der Waals surface area contributed by atoms with Crippen LogP contribution in [0.3, 0.4) is 0 Å². The van der Waals surface area contributed by atoms with Crippen LogP contribution in [-0.2, 0) is 11.2 Å². The van der Waals surface area contributed by atoms with Crippen LogP contribution in [0.2, 0.25) is 5.28 Å². The van der Waals surface area contributed by atoms with Crippen molar-refractivity contribution in [1.29, 1.82) is 0 Å². The molecule has 0 fully saturated rings. The third-order valence-electron chi connectivity index (χ3n) is 4.37. The zero-order chi connectivity index (χ0) is 19.5. The van der Waals surface area contributed by atoms with Crippen LogP contribution < -0.4 is 15.4 Å². The molecule has 3 aromatic heterocycles. The van der Waals surface area contributed by atoms with Crippen LogP contribution in [0.1, 0.15) is 5.56 Å². The van der Waals surface area contributed by atoms with Gasteiger partial charge in [-0.2, -0.15) is 9.97 Å². The number of nitrogens with one attached hydrogen (secondary N) is 4. The van der Waals surface area contributed by atoms with Gasteiger partial charge in [-0.15, -0.1) is 0 Å².